The van der Waals surface area contributed by atoms with Gasteiger partial charge >= 0.3 is 0 Å². The Hall–Kier alpha value is -1.94. The maximum atomic E-state index is 6.29. The minimum atomic E-state index is 0.103. The normalized spacial score (nSPS) is 12.5. The molecule has 0 aliphatic heterocycles. The second kappa shape index (κ2) is 10.1. The highest BCUT2D eigenvalue weighted by molar-refractivity contribution is 7.99. The SMILES string of the molecule is CCC(C)(C)c1ccc(OCCCCSc2nc3ccccc3[nH]2)c(C(C)(C)CC)c1. The van der Waals surface area contributed by atoms with Gasteiger partial charge in [-0.25, -0.2) is 4.98 Å². The third-order valence-electron chi connectivity index (χ3n) is 6.66. The number of ether oxygens (including phenoxy) is 1. The van der Waals surface area contributed by atoms with Gasteiger partial charge in [0, 0.05) is 11.3 Å². The summed E-state index contributed by atoms with van der Waals surface area (Å²) in [5.41, 5.74) is 5.17. The van der Waals surface area contributed by atoms with E-state index in [4.69, 9.17) is 4.74 Å². The lowest BCUT2D eigenvalue weighted by molar-refractivity contribution is 0.299. The Morgan fingerprint density at radius 1 is 0.935 bits per heavy atom. The predicted octanol–water partition coefficient (Wildman–Crippen LogP) is 7.89. The highest BCUT2D eigenvalue weighted by atomic mass is 32.2. The number of imidazole rings is 1. The van der Waals surface area contributed by atoms with Gasteiger partial charge in [0.1, 0.15) is 5.75 Å². The van der Waals surface area contributed by atoms with E-state index in [1.807, 2.05) is 18.2 Å². The van der Waals surface area contributed by atoms with Crippen molar-refractivity contribution in [2.24, 2.45) is 0 Å². The van der Waals surface area contributed by atoms with Gasteiger partial charge in [0.2, 0.25) is 0 Å². The average Bonchev–Trinajstić information content (AvgIpc) is 3.19. The van der Waals surface area contributed by atoms with Crippen LogP contribution in [0.4, 0.5) is 0 Å². The Morgan fingerprint density at radius 2 is 1.68 bits per heavy atom. The molecule has 4 heteroatoms. The number of aromatic nitrogens is 2. The Labute approximate surface area is 192 Å². The van der Waals surface area contributed by atoms with Crippen LogP contribution in [-0.4, -0.2) is 22.3 Å². The maximum Gasteiger partial charge on any atom is 0.166 e. The number of rotatable bonds is 11. The molecule has 1 aromatic heterocycles. The van der Waals surface area contributed by atoms with Crippen LogP contribution >= 0.6 is 11.8 Å². The number of nitrogens with zero attached hydrogens (tertiary/aromatic N) is 1. The molecule has 0 radical (unpaired) electrons. The van der Waals surface area contributed by atoms with Gasteiger partial charge < -0.3 is 9.72 Å². The van der Waals surface area contributed by atoms with E-state index >= 15 is 0 Å². The first-order chi connectivity index (χ1) is 14.8. The van der Waals surface area contributed by atoms with Crippen LogP contribution in [0.1, 0.15) is 78.4 Å². The lowest BCUT2D eigenvalue weighted by atomic mass is 9.76. The molecule has 0 saturated carbocycles. The van der Waals surface area contributed by atoms with Crippen molar-refractivity contribution in [2.75, 3.05) is 12.4 Å². The number of thioether (sulfide) groups is 1. The summed E-state index contributed by atoms with van der Waals surface area (Å²) < 4.78 is 6.29. The first-order valence-electron chi connectivity index (χ1n) is 11.6. The van der Waals surface area contributed by atoms with Gasteiger partial charge in [-0.2, -0.15) is 0 Å². The van der Waals surface area contributed by atoms with Crippen LogP contribution in [0.3, 0.4) is 0 Å². The van der Waals surface area contributed by atoms with E-state index in [9.17, 15) is 0 Å². The van der Waals surface area contributed by atoms with E-state index in [-0.39, 0.29) is 10.8 Å². The molecular weight excluding hydrogens is 400 g/mol. The molecule has 2 aromatic carbocycles. The Kier molecular flexibility index (Phi) is 7.74. The maximum absolute atomic E-state index is 6.29. The molecule has 0 aliphatic carbocycles. The van der Waals surface area contributed by atoms with Gasteiger partial charge in [-0.05, 0) is 60.3 Å². The van der Waals surface area contributed by atoms with Crippen molar-refractivity contribution >= 4 is 22.8 Å². The van der Waals surface area contributed by atoms with Crippen LogP contribution in [0.5, 0.6) is 5.75 Å². The number of aromatic amines is 1. The number of para-hydroxylation sites is 2. The van der Waals surface area contributed by atoms with E-state index in [0.29, 0.717) is 0 Å². The number of hydrogen-bond acceptors (Lipinski definition) is 3. The minimum Gasteiger partial charge on any atom is -0.493 e. The fourth-order valence-corrected chi connectivity index (χ4v) is 4.44. The number of benzene rings is 2. The number of H-pyrrole nitrogens is 1. The highest BCUT2D eigenvalue weighted by Crippen LogP contribution is 2.38. The van der Waals surface area contributed by atoms with Gasteiger partial charge in [0.15, 0.2) is 5.16 Å². The summed E-state index contributed by atoms with van der Waals surface area (Å²) in [4.78, 5) is 8.02. The molecule has 31 heavy (non-hydrogen) atoms. The molecule has 0 bridgehead atoms. The predicted molar refractivity (Wildman–Crippen MR) is 135 cm³/mol. The fourth-order valence-electron chi connectivity index (χ4n) is 3.55. The first kappa shape index (κ1) is 23.7. The Morgan fingerprint density at radius 3 is 2.39 bits per heavy atom. The van der Waals surface area contributed by atoms with Crippen molar-refractivity contribution < 1.29 is 4.74 Å². The third kappa shape index (κ3) is 5.85. The summed E-state index contributed by atoms with van der Waals surface area (Å²) in [5, 5.41) is 1.00. The fraction of sp³-hybridized carbons (Fsp3) is 0.519. The van der Waals surface area contributed by atoms with Crippen molar-refractivity contribution in [3.8, 4) is 5.75 Å². The molecule has 3 rings (SSSR count). The van der Waals surface area contributed by atoms with E-state index < -0.39 is 0 Å². The zero-order chi connectivity index (χ0) is 22.5. The van der Waals surface area contributed by atoms with Crippen LogP contribution in [0.2, 0.25) is 0 Å². The summed E-state index contributed by atoms with van der Waals surface area (Å²) in [6.07, 6.45) is 4.37. The Bertz CT molecular complexity index is 957. The molecule has 168 valence electrons. The van der Waals surface area contributed by atoms with E-state index in [2.05, 4.69) is 75.8 Å². The number of hydrogen-bond donors (Lipinski definition) is 1. The molecule has 3 aromatic rings. The summed E-state index contributed by atoms with van der Waals surface area (Å²) in [7, 11) is 0. The zero-order valence-electron chi connectivity index (χ0n) is 20.0. The van der Waals surface area contributed by atoms with Crippen molar-refractivity contribution in [1.29, 1.82) is 0 Å². The topological polar surface area (TPSA) is 37.9 Å². The van der Waals surface area contributed by atoms with E-state index in [1.54, 1.807) is 11.8 Å². The molecule has 0 saturated heterocycles. The largest absolute Gasteiger partial charge is 0.493 e. The summed E-state index contributed by atoms with van der Waals surface area (Å²) in [6, 6.07) is 15.0. The number of fused-ring (bicyclic) bond motifs is 1. The van der Waals surface area contributed by atoms with Crippen molar-refractivity contribution in [2.45, 2.75) is 83.2 Å². The van der Waals surface area contributed by atoms with Gasteiger partial charge in [0.05, 0.1) is 17.6 Å². The highest BCUT2D eigenvalue weighted by Gasteiger charge is 2.26. The van der Waals surface area contributed by atoms with Crippen molar-refractivity contribution in [1.82, 2.24) is 9.97 Å². The smallest absolute Gasteiger partial charge is 0.166 e. The first-order valence-corrected chi connectivity index (χ1v) is 12.6. The van der Waals surface area contributed by atoms with Crippen LogP contribution in [-0.2, 0) is 10.8 Å². The molecule has 0 unspecified atom stereocenters. The molecule has 3 nitrogen and oxygen atoms in total. The number of unbranched alkanes of at least 4 members (excludes halogenated alkanes) is 1. The van der Waals surface area contributed by atoms with Crippen molar-refractivity contribution in [3.05, 3.63) is 53.6 Å². The summed E-state index contributed by atoms with van der Waals surface area (Å²) in [5.74, 6) is 2.09. The van der Waals surface area contributed by atoms with Crippen molar-refractivity contribution in [3.63, 3.8) is 0 Å². The lowest BCUT2D eigenvalue weighted by Gasteiger charge is -2.30. The quantitative estimate of drug-likeness (QED) is 0.244. The van der Waals surface area contributed by atoms with Crippen LogP contribution in [0.15, 0.2) is 47.6 Å². The third-order valence-corrected chi connectivity index (χ3v) is 7.62. The van der Waals surface area contributed by atoms with Crippen LogP contribution in [0.25, 0.3) is 11.0 Å². The molecule has 0 atom stereocenters. The second-order valence-electron chi connectivity index (χ2n) is 9.65. The van der Waals surface area contributed by atoms with E-state index in [0.717, 1.165) is 60.0 Å². The average molecular weight is 439 g/mol. The second-order valence-corrected chi connectivity index (χ2v) is 10.7. The van der Waals surface area contributed by atoms with Gasteiger partial charge in [-0.15, -0.1) is 0 Å². The summed E-state index contributed by atoms with van der Waals surface area (Å²) in [6.45, 7) is 14.6. The van der Waals surface area contributed by atoms with Gasteiger partial charge in [-0.1, -0.05) is 77.6 Å². The molecule has 0 aliphatic rings. The van der Waals surface area contributed by atoms with Crippen LogP contribution < -0.4 is 4.74 Å². The summed E-state index contributed by atoms with van der Waals surface area (Å²) >= 11 is 1.79. The molecule has 1 N–H and O–H groups in total. The number of nitrogens with one attached hydrogen (secondary N) is 1. The standard InChI is InChI=1S/C27H38N2OS/c1-7-26(3,4)20-15-16-24(21(19-20)27(5,6)8-2)30-17-11-12-18-31-25-28-22-13-9-10-14-23(22)29-25/h9-10,13-16,19H,7-8,11-12,17-18H2,1-6H3,(H,28,29). The Balaban J connectivity index is 1.55. The van der Waals surface area contributed by atoms with Crippen LogP contribution in [0, 0.1) is 0 Å². The molecule has 0 amide bonds. The molecule has 0 spiro atoms. The van der Waals surface area contributed by atoms with E-state index in [1.165, 1.54) is 11.1 Å². The lowest BCUT2D eigenvalue weighted by Crippen LogP contribution is -2.21. The zero-order valence-corrected chi connectivity index (χ0v) is 20.9. The minimum absolute atomic E-state index is 0.103. The van der Waals surface area contributed by atoms with Gasteiger partial charge in [0.25, 0.3) is 0 Å². The molecular formula is C27H38N2OS. The molecule has 1 heterocycles. The molecule has 0 fully saturated rings. The monoisotopic (exact) mass is 438 g/mol. The van der Waals surface area contributed by atoms with Gasteiger partial charge in [-0.3, -0.25) is 0 Å².